The molecule has 0 unspecified atom stereocenters. The molecular formula is C17H26O2. The molecule has 0 saturated carbocycles. The highest BCUT2D eigenvalue weighted by molar-refractivity contribution is 5.79. The number of carbonyl (C=O) groups is 1. The second kappa shape index (κ2) is 6.74. The smallest absolute Gasteiger partial charge is 0.170 e. The fourth-order valence-electron chi connectivity index (χ4n) is 2.02. The number of hydrogen-bond donors (Lipinski definition) is 0. The van der Waals surface area contributed by atoms with Crippen LogP contribution in [0.4, 0.5) is 0 Å². The third kappa shape index (κ3) is 4.70. The molecule has 19 heavy (non-hydrogen) atoms. The lowest BCUT2D eigenvalue weighted by molar-refractivity contribution is -0.121. The maximum Gasteiger partial charge on any atom is 0.170 e. The predicted molar refractivity (Wildman–Crippen MR) is 79.9 cm³/mol. The molecule has 0 aromatic heterocycles. The first-order valence-electron chi connectivity index (χ1n) is 7.16. The summed E-state index contributed by atoms with van der Waals surface area (Å²) in [7, 11) is 0. The molecule has 2 nitrogen and oxygen atoms in total. The largest absolute Gasteiger partial charge is 0.486 e. The monoisotopic (exact) mass is 262 g/mol. The van der Waals surface area contributed by atoms with Gasteiger partial charge in [-0.25, -0.2) is 0 Å². The van der Waals surface area contributed by atoms with Crippen molar-refractivity contribution in [1.82, 2.24) is 0 Å². The Labute approximate surface area is 117 Å². The number of benzene rings is 1. The number of aryl methyl sites for hydroxylation is 1. The first-order valence-corrected chi connectivity index (χ1v) is 7.16. The molecule has 2 heteroatoms. The maximum atomic E-state index is 11.6. The summed E-state index contributed by atoms with van der Waals surface area (Å²) in [6, 6.07) is 6.27. The van der Waals surface area contributed by atoms with Crippen LogP contribution in [0.25, 0.3) is 0 Å². The minimum absolute atomic E-state index is 0.0221. The Morgan fingerprint density at radius 1 is 1.21 bits per heavy atom. The molecular weight excluding hydrogens is 236 g/mol. The number of hydrogen-bond acceptors (Lipinski definition) is 2. The standard InChI is InChI=1S/C17H26O2/c1-6-8-14(18)12-19-16-10-9-13(7-2)11-15(16)17(3,4)5/h9-11H,6-8,12H2,1-5H3. The molecule has 0 fully saturated rings. The molecule has 0 heterocycles. The maximum absolute atomic E-state index is 11.6. The highest BCUT2D eigenvalue weighted by atomic mass is 16.5. The van der Waals surface area contributed by atoms with Gasteiger partial charge in [0.05, 0.1) is 0 Å². The van der Waals surface area contributed by atoms with Crippen molar-refractivity contribution >= 4 is 5.78 Å². The van der Waals surface area contributed by atoms with E-state index < -0.39 is 0 Å². The molecule has 0 N–H and O–H groups in total. The van der Waals surface area contributed by atoms with Crippen molar-refractivity contribution in [3.8, 4) is 5.75 Å². The first kappa shape index (κ1) is 15.7. The van der Waals surface area contributed by atoms with Crippen LogP contribution in [0.1, 0.15) is 58.6 Å². The summed E-state index contributed by atoms with van der Waals surface area (Å²) in [5.41, 5.74) is 2.50. The van der Waals surface area contributed by atoms with Gasteiger partial charge in [0, 0.05) is 6.42 Å². The van der Waals surface area contributed by atoms with Gasteiger partial charge in [0.25, 0.3) is 0 Å². The first-order chi connectivity index (χ1) is 8.88. The summed E-state index contributed by atoms with van der Waals surface area (Å²) in [5, 5.41) is 0. The van der Waals surface area contributed by atoms with E-state index in [4.69, 9.17) is 4.74 Å². The molecule has 0 saturated heterocycles. The SMILES string of the molecule is CCCC(=O)COc1ccc(CC)cc1C(C)(C)C. The molecule has 0 aliphatic rings. The van der Waals surface area contributed by atoms with Gasteiger partial charge < -0.3 is 4.74 Å². The Kier molecular flexibility index (Phi) is 5.59. The Morgan fingerprint density at radius 3 is 2.42 bits per heavy atom. The van der Waals surface area contributed by atoms with E-state index in [0.717, 1.165) is 18.6 Å². The highest BCUT2D eigenvalue weighted by Gasteiger charge is 2.19. The van der Waals surface area contributed by atoms with Crippen molar-refractivity contribution in [2.75, 3.05) is 6.61 Å². The second-order valence-electron chi connectivity index (χ2n) is 6.01. The van der Waals surface area contributed by atoms with Gasteiger partial charge in [0.2, 0.25) is 0 Å². The fraction of sp³-hybridized carbons (Fsp3) is 0.588. The van der Waals surface area contributed by atoms with Crippen molar-refractivity contribution in [2.45, 2.75) is 59.3 Å². The van der Waals surface area contributed by atoms with Crippen molar-refractivity contribution in [3.05, 3.63) is 29.3 Å². The average Bonchev–Trinajstić information content (AvgIpc) is 2.35. The lowest BCUT2D eigenvalue weighted by atomic mass is 9.85. The van der Waals surface area contributed by atoms with Gasteiger partial charge in [-0.05, 0) is 35.4 Å². The van der Waals surface area contributed by atoms with Crippen LogP contribution in [0.3, 0.4) is 0 Å². The number of ketones is 1. The van der Waals surface area contributed by atoms with Crippen LogP contribution >= 0.6 is 0 Å². The summed E-state index contributed by atoms with van der Waals surface area (Å²) >= 11 is 0. The Morgan fingerprint density at radius 2 is 1.89 bits per heavy atom. The number of ether oxygens (including phenoxy) is 1. The third-order valence-electron chi connectivity index (χ3n) is 3.18. The molecule has 0 aliphatic heterocycles. The molecule has 0 amide bonds. The summed E-state index contributed by atoms with van der Waals surface area (Å²) in [4.78, 5) is 11.6. The fourth-order valence-corrected chi connectivity index (χ4v) is 2.02. The van der Waals surface area contributed by atoms with Gasteiger partial charge in [0.1, 0.15) is 12.4 Å². The Balaban J connectivity index is 2.91. The molecule has 1 aromatic rings. The van der Waals surface area contributed by atoms with Gasteiger partial charge in [0.15, 0.2) is 5.78 Å². The van der Waals surface area contributed by atoms with Crippen molar-refractivity contribution in [3.63, 3.8) is 0 Å². The zero-order chi connectivity index (χ0) is 14.5. The predicted octanol–water partition coefficient (Wildman–Crippen LogP) is 4.29. The Hall–Kier alpha value is -1.31. The van der Waals surface area contributed by atoms with Crippen LogP contribution in [-0.4, -0.2) is 12.4 Å². The van der Waals surface area contributed by atoms with Crippen LogP contribution in [-0.2, 0) is 16.6 Å². The van der Waals surface area contributed by atoms with Crippen LogP contribution < -0.4 is 4.74 Å². The van der Waals surface area contributed by atoms with E-state index >= 15 is 0 Å². The van der Waals surface area contributed by atoms with Crippen LogP contribution in [0.15, 0.2) is 18.2 Å². The minimum atomic E-state index is 0.0221. The van der Waals surface area contributed by atoms with Crippen LogP contribution in [0.5, 0.6) is 5.75 Å². The van der Waals surface area contributed by atoms with E-state index in [-0.39, 0.29) is 17.8 Å². The zero-order valence-electron chi connectivity index (χ0n) is 12.9. The third-order valence-corrected chi connectivity index (χ3v) is 3.18. The van der Waals surface area contributed by atoms with E-state index in [2.05, 4.69) is 39.8 Å². The van der Waals surface area contributed by atoms with E-state index in [0.29, 0.717) is 6.42 Å². The average molecular weight is 262 g/mol. The van der Waals surface area contributed by atoms with Crippen LogP contribution in [0, 0.1) is 0 Å². The molecule has 0 radical (unpaired) electrons. The van der Waals surface area contributed by atoms with Crippen LogP contribution in [0.2, 0.25) is 0 Å². The summed E-state index contributed by atoms with van der Waals surface area (Å²) in [6.45, 7) is 10.8. The summed E-state index contributed by atoms with van der Waals surface area (Å²) in [5.74, 6) is 1.01. The molecule has 1 rings (SSSR count). The lowest BCUT2D eigenvalue weighted by Crippen LogP contribution is -2.17. The van der Waals surface area contributed by atoms with Gasteiger partial charge in [-0.1, -0.05) is 46.8 Å². The molecule has 0 atom stereocenters. The zero-order valence-corrected chi connectivity index (χ0v) is 12.9. The Bertz CT molecular complexity index is 427. The molecule has 0 spiro atoms. The topological polar surface area (TPSA) is 26.3 Å². The van der Waals surface area contributed by atoms with E-state index in [1.807, 2.05) is 13.0 Å². The molecule has 1 aromatic carbocycles. The second-order valence-corrected chi connectivity index (χ2v) is 6.01. The summed E-state index contributed by atoms with van der Waals surface area (Å²) < 4.78 is 5.73. The molecule has 0 aliphatic carbocycles. The highest BCUT2D eigenvalue weighted by Crippen LogP contribution is 2.32. The van der Waals surface area contributed by atoms with Crippen molar-refractivity contribution < 1.29 is 9.53 Å². The minimum Gasteiger partial charge on any atom is -0.486 e. The van der Waals surface area contributed by atoms with Crippen molar-refractivity contribution in [2.24, 2.45) is 0 Å². The normalized spacial score (nSPS) is 11.4. The number of rotatable bonds is 6. The van der Waals surface area contributed by atoms with E-state index in [1.165, 1.54) is 11.1 Å². The van der Waals surface area contributed by atoms with Gasteiger partial charge >= 0.3 is 0 Å². The van der Waals surface area contributed by atoms with Gasteiger partial charge in [-0.3, -0.25) is 4.79 Å². The van der Waals surface area contributed by atoms with Gasteiger partial charge in [-0.2, -0.15) is 0 Å². The number of Topliss-reactive ketones (excluding diaryl/α,β-unsaturated/α-hetero) is 1. The van der Waals surface area contributed by atoms with E-state index in [1.54, 1.807) is 0 Å². The summed E-state index contributed by atoms with van der Waals surface area (Å²) in [6.07, 6.45) is 2.49. The number of carbonyl (C=O) groups excluding carboxylic acids is 1. The quantitative estimate of drug-likeness (QED) is 0.764. The van der Waals surface area contributed by atoms with Crippen molar-refractivity contribution in [1.29, 1.82) is 0 Å². The molecule has 106 valence electrons. The van der Waals surface area contributed by atoms with E-state index in [9.17, 15) is 4.79 Å². The van der Waals surface area contributed by atoms with Gasteiger partial charge in [-0.15, -0.1) is 0 Å². The molecule has 0 bridgehead atoms. The lowest BCUT2D eigenvalue weighted by Gasteiger charge is -2.23.